The van der Waals surface area contributed by atoms with Gasteiger partial charge in [-0.05, 0) is 46.8 Å². The summed E-state index contributed by atoms with van der Waals surface area (Å²) in [6, 6.07) is 4.52. The molecule has 9 nitrogen and oxygen atoms in total. The highest BCUT2D eigenvalue weighted by Gasteiger charge is 2.38. The number of hydrogen-bond donors (Lipinski definition) is 2. The molecular weight excluding hydrogens is 482 g/mol. The Morgan fingerprint density at radius 2 is 1.38 bits per heavy atom. The average Bonchev–Trinajstić information content (AvgIpc) is 2.66. The monoisotopic (exact) mass is 506 g/mol. The highest BCUT2D eigenvalue weighted by molar-refractivity contribution is 5.99. The molecule has 1 unspecified atom stereocenters. The Bertz CT molecular complexity index is 797. The van der Waals surface area contributed by atoms with Crippen LogP contribution in [0.1, 0.15) is 45.1 Å². The Morgan fingerprint density at radius 1 is 0.971 bits per heavy atom. The number of carboxylic acid groups (broad SMARTS) is 2. The predicted octanol–water partition coefficient (Wildman–Crippen LogP) is 4.18. The number of carboxylic acids is 2. The molecule has 0 aliphatic rings. The van der Waals surface area contributed by atoms with Gasteiger partial charge in [-0.25, -0.2) is 14.4 Å². The lowest BCUT2D eigenvalue weighted by Gasteiger charge is -2.30. The molecule has 0 bridgehead atoms. The van der Waals surface area contributed by atoms with E-state index in [4.69, 9.17) is 24.5 Å². The van der Waals surface area contributed by atoms with Gasteiger partial charge in [0.25, 0.3) is 0 Å². The zero-order valence-electron chi connectivity index (χ0n) is 18.7. The van der Waals surface area contributed by atoms with E-state index in [0.29, 0.717) is 12.2 Å². The normalized spacial score (nSPS) is 12.1. The Hall–Kier alpha value is -3.39. The van der Waals surface area contributed by atoms with Gasteiger partial charge in [0.1, 0.15) is 11.3 Å². The topological polar surface area (TPSA) is 134 Å². The van der Waals surface area contributed by atoms with Crippen molar-refractivity contribution >= 4 is 23.8 Å². The van der Waals surface area contributed by atoms with E-state index in [9.17, 15) is 35.9 Å². The van der Waals surface area contributed by atoms with Crippen molar-refractivity contribution in [2.45, 2.75) is 58.6 Å². The third kappa shape index (κ3) is 13.9. The van der Waals surface area contributed by atoms with Gasteiger partial charge in [-0.15, -0.1) is 0 Å². The number of likely N-dealkylation sites (N-methyl/N-ethyl adjacent to an activating group) is 1. The number of rotatable bonds is 4. The van der Waals surface area contributed by atoms with Crippen molar-refractivity contribution < 1.29 is 60.5 Å². The van der Waals surface area contributed by atoms with Crippen molar-refractivity contribution in [3.8, 4) is 0 Å². The third-order valence-electron chi connectivity index (χ3n) is 3.22. The van der Waals surface area contributed by atoms with E-state index in [1.165, 1.54) is 4.90 Å². The minimum atomic E-state index is -5.08. The fourth-order valence-corrected chi connectivity index (χ4v) is 1.75. The van der Waals surface area contributed by atoms with E-state index in [1.54, 1.807) is 52.1 Å². The first kappa shape index (κ1) is 32.8. The van der Waals surface area contributed by atoms with Crippen LogP contribution in [0.25, 0.3) is 0 Å². The average molecular weight is 506 g/mol. The molecule has 15 heteroatoms. The predicted molar refractivity (Wildman–Crippen MR) is 104 cm³/mol. The molecule has 34 heavy (non-hydrogen) atoms. The number of carbonyl (C=O) groups excluding carboxylic acids is 2. The fourth-order valence-electron chi connectivity index (χ4n) is 1.75. The Morgan fingerprint density at radius 3 is 1.65 bits per heavy atom. The molecule has 0 aliphatic heterocycles. The molecule has 1 aromatic heterocycles. The van der Waals surface area contributed by atoms with Crippen LogP contribution >= 0.6 is 0 Å². The first-order valence-corrected chi connectivity index (χ1v) is 9.20. The van der Waals surface area contributed by atoms with Gasteiger partial charge in [0.15, 0.2) is 0 Å². The van der Waals surface area contributed by atoms with Gasteiger partial charge in [0, 0.05) is 12.7 Å². The Labute approximate surface area is 190 Å². The number of pyridine rings is 1. The summed E-state index contributed by atoms with van der Waals surface area (Å²) >= 11 is 0. The van der Waals surface area contributed by atoms with Gasteiger partial charge < -0.3 is 14.9 Å². The van der Waals surface area contributed by atoms with Crippen LogP contribution in [-0.2, 0) is 14.3 Å². The molecule has 0 saturated carbocycles. The summed E-state index contributed by atoms with van der Waals surface area (Å²) in [4.78, 5) is 47.6. The molecule has 1 aromatic rings. The molecule has 1 heterocycles. The van der Waals surface area contributed by atoms with Gasteiger partial charge in [-0.1, -0.05) is 6.07 Å². The molecule has 194 valence electrons. The Kier molecular flexibility index (Phi) is 12.9. The second kappa shape index (κ2) is 13.3. The van der Waals surface area contributed by atoms with Gasteiger partial charge >= 0.3 is 30.4 Å². The van der Waals surface area contributed by atoms with Gasteiger partial charge in [0.2, 0.25) is 5.78 Å². The minimum absolute atomic E-state index is 0.196. The number of nitrogens with zero attached hydrogens (tertiary/aromatic N) is 2. The summed E-state index contributed by atoms with van der Waals surface area (Å²) in [6.45, 7) is 9.28. The van der Waals surface area contributed by atoms with Crippen LogP contribution in [0.3, 0.4) is 0 Å². The summed E-state index contributed by atoms with van der Waals surface area (Å²) < 4.78 is 68.8. The molecule has 1 rings (SSSR count). The maximum Gasteiger partial charge on any atom is 0.490 e. The molecular formula is C19H24F6N2O7. The number of amides is 1. The number of alkyl halides is 6. The smallest absolute Gasteiger partial charge is 0.475 e. The largest absolute Gasteiger partial charge is 0.490 e. The van der Waals surface area contributed by atoms with E-state index in [1.807, 2.05) is 6.92 Å². The van der Waals surface area contributed by atoms with Crippen LogP contribution in [0.2, 0.25) is 0 Å². The summed E-state index contributed by atoms with van der Waals surface area (Å²) in [7, 11) is 0. The van der Waals surface area contributed by atoms with Gasteiger partial charge in [-0.2, -0.15) is 26.3 Å². The van der Waals surface area contributed by atoms with Crippen LogP contribution in [-0.4, -0.2) is 74.5 Å². The van der Waals surface area contributed by atoms with Gasteiger partial charge in [0.05, 0.1) is 6.04 Å². The minimum Gasteiger partial charge on any atom is -0.475 e. The lowest BCUT2D eigenvalue weighted by Crippen LogP contribution is -2.45. The molecule has 0 aliphatic carbocycles. The molecule has 0 aromatic carbocycles. The number of halogens is 6. The van der Waals surface area contributed by atoms with Crippen molar-refractivity contribution in [1.29, 1.82) is 0 Å². The van der Waals surface area contributed by atoms with E-state index >= 15 is 0 Å². The number of ether oxygens (including phenoxy) is 1. The summed E-state index contributed by atoms with van der Waals surface area (Å²) in [5.74, 6) is -5.71. The van der Waals surface area contributed by atoms with Crippen LogP contribution in [0, 0.1) is 0 Å². The van der Waals surface area contributed by atoms with Crippen LogP contribution in [0.5, 0.6) is 0 Å². The molecule has 0 saturated heterocycles. The van der Waals surface area contributed by atoms with Crippen molar-refractivity contribution in [3.63, 3.8) is 0 Å². The van der Waals surface area contributed by atoms with Crippen molar-refractivity contribution in [3.05, 3.63) is 30.1 Å². The molecule has 0 fully saturated rings. The molecule has 2 N–H and O–H groups in total. The molecule has 0 radical (unpaired) electrons. The van der Waals surface area contributed by atoms with E-state index < -0.39 is 42.0 Å². The molecule has 1 amide bonds. The van der Waals surface area contributed by atoms with Gasteiger partial charge in [-0.3, -0.25) is 14.7 Å². The number of aromatic nitrogens is 1. The van der Waals surface area contributed by atoms with Crippen LogP contribution in [0.4, 0.5) is 31.1 Å². The van der Waals surface area contributed by atoms with E-state index in [2.05, 4.69) is 4.98 Å². The maximum atomic E-state index is 12.3. The zero-order valence-corrected chi connectivity index (χ0v) is 18.7. The van der Waals surface area contributed by atoms with E-state index in [-0.39, 0.29) is 5.78 Å². The number of aliphatic carboxylic acids is 2. The van der Waals surface area contributed by atoms with Crippen molar-refractivity contribution in [2.75, 3.05) is 6.54 Å². The maximum absolute atomic E-state index is 12.3. The fraction of sp³-hybridized carbons (Fsp3) is 0.526. The third-order valence-corrected chi connectivity index (χ3v) is 3.22. The first-order valence-electron chi connectivity index (χ1n) is 9.20. The highest BCUT2D eigenvalue weighted by atomic mass is 19.4. The lowest BCUT2D eigenvalue weighted by molar-refractivity contribution is -0.193. The van der Waals surface area contributed by atoms with Crippen molar-refractivity contribution in [1.82, 2.24) is 9.88 Å². The van der Waals surface area contributed by atoms with Crippen LogP contribution in [0.15, 0.2) is 24.4 Å². The number of ketones is 1. The number of carbonyl (C=O) groups is 4. The number of hydrogen-bond acceptors (Lipinski definition) is 6. The summed E-state index contributed by atoms with van der Waals surface area (Å²) in [5.41, 5.74) is -0.236. The summed E-state index contributed by atoms with van der Waals surface area (Å²) in [5, 5.41) is 14.2. The second-order valence-corrected chi connectivity index (χ2v) is 7.13. The lowest BCUT2D eigenvalue weighted by atomic mass is 10.1. The quantitative estimate of drug-likeness (QED) is 0.459. The Balaban J connectivity index is 0. The second-order valence-electron chi connectivity index (χ2n) is 7.13. The highest BCUT2D eigenvalue weighted by Crippen LogP contribution is 2.15. The SMILES string of the molecule is CCN(C(=O)OC(C)(C)C)C(C)C(=O)c1ccccn1.O=C(O)C(F)(F)F.O=C(O)C(F)(F)F. The number of Topliss-reactive ketones (excluding diaryl/α,β-unsaturated/α-hetero) is 1. The van der Waals surface area contributed by atoms with Crippen LogP contribution < -0.4 is 0 Å². The standard InChI is InChI=1S/C15H22N2O3.2C2HF3O2/c1-6-17(14(19)20-15(3,4)5)11(2)13(18)12-9-7-8-10-16-12;2*3-2(4,5)1(6)7/h7-11H,6H2,1-5H3;2*(H,6,7). The van der Waals surface area contributed by atoms with E-state index in [0.717, 1.165) is 0 Å². The zero-order chi connectivity index (χ0) is 27.5. The molecule has 0 spiro atoms. The summed E-state index contributed by atoms with van der Waals surface area (Å²) in [6.07, 6.45) is -9.10. The first-order chi connectivity index (χ1) is 15.1. The molecule has 1 atom stereocenters. The van der Waals surface area contributed by atoms with Crippen molar-refractivity contribution in [2.24, 2.45) is 0 Å².